The predicted octanol–water partition coefficient (Wildman–Crippen LogP) is 10.2. The molecule has 7 rings (SSSR count). The highest BCUT2D eigenvalue weighted by Crippen LogP contribution is 2.40. The van der Waals surface area contributed by atoms with Crippen LogP contribution in [0.5, 0.6) is 0 Å². The van der Waals surface area contributed by atoms with Crippen molar-refractivity contribution in [1.29, 1.82) is 0 Å². The Morgan fingerprint density at radius 2 is 1.27 bits per heavy atom. The Hall–Kier alpha value is -4.96. The molecule has 0 bridgehead atoms. The van der Waals surface area contributed by atoms with E-state index in [2.05, 4.69) is 130 Å². The lowest BCUT2D eigenvalue weighted by molar-refractivity contribution is -0.633. The van der Waals surface area contributed by atoms with Gasteiger partial charge in [0.25, 0.3) is 5.82 Å². The van der Waals surface area contributed by atoms with Crippen molar-refractivity contribution in [2.75, 3.05) is 0 Å². The largest absolute Gasteiger partial charge is 0.436 e. The van der Waals surface area contributed by atoms with Gasteiger partial charge < -0.3 is 4.42 Å². The summed E-state index contributed by atoms with van der Waals surface area (Å²) in [5, 5.41) is 0. The lowest BCUT2D eigenvalue weighted by Gasteiger charge is -2.21. The van der Waals surface area contributed by atoms with Crippen LogP contribution < -0.4 is 4.57 Å². The number of para-hydroxylation sites is 2. The maximum atomic E-state index is 6.26. The summed E-state index contributed by atoms with van der Waals surface area (Å²) in [6.07, 6.45) is 0. The van der Waals surface area contributed by atoms with Gasteiger partial charge in [-0.1, -0.05) is 88.4 Å². The second-order valence-corrected chi connectivity index (χ2v) is 12.4. The van der Waals surface area contributed by atoms with Gasteiger partial charge in [-0.3, -0.25) is 0 Å². The normalized spacial score (nSPS) is 11.8. The van der Waals surface area contributed by atoms with E-state index in [-0.39, 0.29) is 0 Å². The minimum atomic E-state index is 0.318. The van der Waals surface area contributed by atoms with E-state index in [4.69, 9.17) is 9.40 Å². The van der Waals surface area contributed by atoms with Crippen molar-refractivity contribution in [3.63, 3.8) is 0 Å². The van der Waals surface area contributed by atoms with Crippen LogP contribution in [0.3, 0.4) is 0 Å². The summed E-state index contributed by atoms with van der Waals surface area (Å²) >= 11 is 0. The van der Waals surface area contributed by atoms with Crippen LogP contribution in [0, 0.1) is 6.92 Å². The highest BCUT2D eigenvalue weighted by atomic mass is 16.3. The van der Waals surface area contributed by atoms with Gasteiger partial charge in [-0.2, -0.15) is 4.57 Å². The van der Waals surface area contributed by atoms with Crippen LogP contribution in [-0.2, 0) is 7.05 Å². The van der Waals surface area contributed by atoms with Crippen molar-refractivity contribution in [3.05, 3.63) is 126 Å². The van der Waals surface area contributed by atoms with Gasteiger partial charge in [0, 0.05) is 16.7 Å². The van der Waals surface area contributed by atoms with Crippen LogP contribution >= 0.6 is 0 Å². The Morgan fingerprint density at radius 1 is 0.682 bits per heavy atom. The zero-order valence-corrected chi connectivity index (χ0v) is 26.3. The average molecular weight is 577 g/mol. The number of nitrogens with zero attached hydrogens (tertiary/aromatic N) is 3. The number of hydrogen-bond donors (Lipinski definition) is 0. The van der Waals surface area contributed by atoms with E-state index in [1.54, 1.807) is 0 Å². The second kappa shape index (κ2) is 10.9. The van der Waals surface area contributed by atoms with Crippen molar-refractivity contribution in [2.24, 2.45) is 7.05 Å². The monoisotopic (exact) mass is 576 g/mol. The van der Waals surface area contributed by atoms with Gasteiger partial charge >= 0.3 is 0 Å². The fourth-order valence-corrected chi connectivity index (χ4v) is 6.48. The van der Waals surface area contributed by atoms with Crippen LogP contribution in [0.2, 0.25) is 0 Å². The number of aromatic nitrogens is 3. The van der Waals surface area contributed by atoms with Gasteiger partial charge in [-0.05, 0) is 84.0 Å². The third-order valence-electron chi connectivity index (χ3n) is 8.75. The molecule has 0 aliphatic carbocycles. The molecule has 2 heterocycles. The number of hydrogen-bond acceptors (Lipinski definition) is 2. The third-order valence-corrected chi connectivity index (χ3v) is 8.75. The summed E-state index contributed by atoms with van der Waals surface area (Å²) in [5.74, 6) is 2.41. The molecule has 5 aromatic carbocycles. The van der Waals surface area contributed by atoms with Gasteiger partial charge in [0.1, 0.15) is 11.2 Å². The number of aryl methyl sites for hydroxylation is 2. The zero-order chi connectivity index (χ0) is 30.5. The molecule has 0 saturated carbocycles. The second-order valence-electron chi connectivity index (χ2n) is 12.4. The standard InChI is InChI=1S/C40H38N3O/c1-25(2)31-22-30(28-15-9-7-10-16-28)23-32(26(3)4)38(31)43-36-20-14-13-19-35(36)42(6)40(43)33-24-34-37(21-27(33)5)44-39(41-34)29-17-11-8-12-18-29/h7-26H,1-6H3/q+1. The fourth-order valence-electron chi connectivity index (χ4n) is 6.48. The van der Waals surface area contributed by atoms with Gasteiger partial charge in [-0.15, -0.1) is 0 Å². The molecular weight excluding hydrogens is 538 g/mol. The number of rotatable bonds is 6. The Bertz CT molecular complexity index is 2100. The SMILES string of the molecule is Cc1cc2oc(-c3ccccc3)nc2cc1-c1n(-c2c(C(C)C)cc(-c3ccccc3)cc2C(C)C)c2ccccc2[n+]1C. The van der Waals surface area contributed by atoms with Crippen LogP contribution in [0.15, 0.2) is 114 Å². The van der Waals surface area contributed by atoms with Crippen molar-refractivity contribution >= 4 is 22.1 Å². The lowest BCUT2D eigenvalue weighted by Crippen LogP contribution is -2.30. The highest BCUT2D eigenvalue weighted by Gasteiger charge is 2.32. The molecule has 0 atom stereocenters. The van der Waals surface area contributed by atoms with E-state index in [1.807, 2.05) is 30.3 Å². The molecule has 0 spiro atoms. The molecule has 7 aromatic rings. The maximum absolute atomic E-state index is 6.26. The summed E-state index contributed by atoms with van der Waals surface area (Å²) in [7, 11) is 2.18. The fraction of sp³-hybridized carbons (Fsp3) is 0.200. The van der Waals surface area contributed by atoms with Crippen molar-refractivity contribution in [1.82, 2.24) is 9.55 Å². The van der Waals surface area contributed by atoms with Gasteiger partial charge in [0.2, 0.25) is 5.89 Å². The van der Waals surface area contributed by atoms with Crippen molar-refractivity contribution in [3.8, 4) is 39.7 Å². The minimum absolute atomic E-state index is 0.318. The molecule has 0 fully saturated rings. The van der Waals surface area contributed by atoms with Crippen LogP contribution in [0.1, 0.15) is 56.2 Å². The first-order valence-corrected chi connectivity index (χ1v) is 15.5. The molecule has 0 amide bonds. The van der Waals surface area contributed by atoms with E-state index in [9.17, 15) is 0 Å². The molecule has 0 unspecified atom stereocenters. The molecule has 218 valence electrons. The molecule has 0 aliphatic heterocycles. The van der Waals surface area contributed by atoms with Crippen molar-refractivity contribution in [2.45, 2.75) is 46.5 Å². The molecule has 0 radical (unpaired) electrons. The zero-order valence-electron chi connectivity index (χ0n) is 26.3. The van der Waals surface area contributed by atoms with Gasteiger partial charge in [-0.25, -0.2) is 9.55 Å². The Labute approximate surface area is 259 Å². The average Bonchev–Trinajstić information content (AvgIpc) is 3.58. The molecule has 2 aromatic heterocycles. The molecule has 44 heavy (non-hydrogen) atoms. The molecule has 0 aliphatic rings. The summed E-state index contributed by atoms with van der Waals surface area (Å²) in [6.45, 7) is 11.4. The minimum Gasteiger partial charge on any atom is -0.436 e. The van der Waals surface area contributed by atoms with E-state index in [0.717, 1.165) is 33.6 Å². The quantitative estimate of drug-likeness (QED) is 0.185. The van der Waals surface area contributed by atoms with Crippen molar-refractivity contribution < 1.29 is 8.98 Å². The third kappa shape index (κ3) is 4.62. The molecule has 0 N–H and O–H groups in total. The first-order valence-electron chi connectivity index (χ1n) is 15.5. The van der Waals surface area contributed by atoms with Crippen LogP contribution in [0.25, 0.3) is 61.8 Å². The molecule has 4 nitrogen and oxygen atoms in total. The first kappa shape index (κ1) is 27.8. The first-order chi connectivity index (χ1) is 21.3. The van der Waals surface area contributed by atoms with Crippen LogP contribution in [-0.4, -0.2) is 9.55 Å². The number of imidazole rings is 1. The maximum Gasteiger partial charge on any atom is 0.295 e. The summed E-state index contributed by atoms with van der Waals surface area (Å²) < 4.78 is 11.1. The molecular formula is C40H38N3O+. The summed E-state index contributed by atoms with van der Waals surface area (Å²) in [6, 6.07) is 38.7. The summed E-state index contributed by atoms with van der Waals surface area (Å²) in [5.41, 5.74) is 13.7. The van der Waals surface area contributed by atoms with E-state index in [1.165, 1.54) is 39.0 Å². The van der Waals surface area contributed by atoms with Crippen LogP contribution in [0.4, 0.5) is 0 Å². The lowest BCUT2D eigenvalue weighted by atomic mass is 9.88. The van der Waals surface area contributed by atoms with E-state index >= 15 is 0 Å². The van der Waals surface area contributed by atoms with Gasteiger partial charge in [0.05, 0.1) is 12.6 Å². The predicted molar refractivity (Wildman–Crippen MR) is 181 cm³/mol. The number of fused-ring (bicyclic) bond motifs is 2. The molecule has 4 heteroatoms. The molecule has 0 saturated heterocycles. The number of benzene rings is 5. The Kier molecular flexibility index (Phi) is 6.93. The van der Waals surface area contributed by atoms with E-state index in [0.29, 0.717) is 17.7 Å². The Morgan fingerprint density at radius 3 is 1.91 bits per heavy atom. The topological polar surface area (TPSA) is 34.8 Å². The Balaban J connectivity index is 1.54. The van der Waals surface area contributed by atoms with E-state index < -0.39 is 0 Å². The van der Waals surface area contributed by atoms with Gasteiger partial charge in [0.15, 0.2) is 16.6 Å². The smallest absolute Gasteiger partial charge is 0.295 e. The number of oxazole rings is 1. The summed E-state index contributed by atoms with van der Waals surface area (Å²) in [4.78, 5) is 4.95. The highest BCUT2D eigenvalue weighted by molar-refractivity contribution is 5.86.